The second-order valence-electron chi connectivity index (χ2n) is 4.54. The highest BCUT2D eigenvalue weighted by Gasteiger charge is 2.37. The summed E-state index contributed by atoms with van der Waals surface area (Å²) in [7, 11) is 1.54. The predicted molar refractivity (Wildman–Crippen MR) is 80.4 cm³/mol. The number of carbonyl (C=O) groups excluding carboxylic acids is 1. The van der Waals surface area contributed by atoms with Gasteiger partial charge in [-0.1, -0.05) is 25.4 Å². The maximum Gasteiger partial charge on any atom is 0.433 e. The van der Waals surface area contributed by atoms with E-state index in [1.54, 1.807) is 0 Å². The number of nitrogens with zero attached hydrogens (tertiary/aromatic N) is 1. The van der Waals surface area contributed by atoms with Crippen molar-refractivity contribution in [2.75, 3.05) is 23.6 Å². The van der Waals surface area contributed by atoms with Gasteiger partial charge in [-0.25, -0.2) is 4.79 Å². The number of thioether (sulfide) groups is 2. The molecule has 1 N–H and O–H groups in total. The number of nitrogens with one attached hydrogen (secondary N) is 1. The van der Waals surface area contributed by atoms with Gasteiger partial charge in [0.2, 0.25) is 0 Å². The van der Waals surface area contributed by atoms with Crippen LogP contribution in [0.25, 0.3) is 0 Å². The van der Waals surface area contributed by atoms with Crippen molar-refractivity contribution in [1.82, 2.24) is 5.32 Å². The highest BCUT2D eigenvalue weighted by Crippen LogP contribution is 2.42. The van der Waals surface area contributed by atoms with Crippen LogP contribution >= 0.6 is 23.5 Å². The second kappa shape index (κ2) is 7.94. The van der Waals surface area contributed by atoms with E-state index >= 15 is 0 Å². The molecule has 104 valence electrons. The Labute approximate surface area is 118 Å². The minimum Gasteiger partial charge on any atom is -0.323 e. The van der Waals surface area contributed by atoms with Crippen molar-refractivity contribution in [2.24, 2.45) is 10.6 Å². The Morgan fingerprint density at radius 1 is 1.44 bits per heavy atom. The summed E-state index contributed by atoms with van der Waals surface area (Å²) in [4.78, 5) is 15.9. The SMILES string of the molecule is CCSCSCC(=NOC(=O)NC)C1(C)CCC1. The van der Waals surface area contributed by atoms with E-state index in [0.717, 1.165) is 35.1 Å². The fraction of sp³-hybridized carbons (Fsp3) is 0.833. The average molecular weight is 290 g/mol. The highest BCUT2D eigenvalue weighted by atomic mass is 32.2. The molecular weight excluding hydrogens is 268 g/mol. The molecule has 1 fully saturated rings. The third-order valence-corrected chi connectivity index (χ3v) is 5.43. The van der Waals surface area contributed by atoms with Gasteiger partial charge in [-0.05, 0) is 18.6 Å². The molecule has 0 aromatic carbocycles. The van der Waals surface area contributed by atoms with Gasteiger partial charge in [-0.3, -0.25) is 4.84 Å². The smallest absolute Gasteiger partial charge is 0.323 e. The van der Waals surface area contributed by atoms with Gasteiger partial charge in [-0.15, -0.1) is 11.8 Å². The average Bonchev–Trinajstić information content (AvgIpc) is 2.34. The molecule has 6 heteroatoms. The first-order valence-corrected chi connectivity index (χ1v) is 8.55. The molecule has 0 spiro atoms. The first-order chi connectivity index (χ1) is 8.62. The lowest BCUT2D eigenvalue weighted by molar-refractivity contribution is 0.148. The molecule has 0 aromatic heterocycles. The van der Waals surface area contributed by atoms with Gasteiger partial charge in [0.05, 0.1) is 5.71 Å². The van der Waals surface area contributed by atoms with Crippen LogP contribution in [0.15, 0.2) is 5.16 Å². The molecule has 18 heavy (non-hydrogen) atoms. The third kappa shape index (κ3) is 4.72. The van der Waals surface area contributed by atoms with E-state index in [0.29, 0.717) is 0 Å². The molecule has 0 unspecified atom stereocenters. The van der Waals surface area contributed by atoms with Crippen LogP contribution in [0, 0.1) is 5.41 Å². The van der Waals surface area contributed by atoms with Crippen LogP contribution in [-0.2, 0) is 4.84 Å². The largest absolute Gasteiger partial charge is 0.433 e. The molecule has 4 nitrogen and oxygen atoms in total. The van der Waals surface area contributed by atoms with Crippen molar-refractivity contribution in [1.29, 1.82) is 0 Å². The molecule has 1 amide bonds. The number of hydrogen-bond donors (Lipinski definition) is 1. The Balaban J connectivity index is 2.49. The molecule has 1 saturated carbocycles. The first-order valence-electron chi connectivity index (χ1n) is 6.24. The zero-order valence-electron chi connectivity index (χ0n) is 11.3. The van der Waals surface area contributed by atoms with Crippen LogP contribution in [0.2, 0.25) is 0 Å². The number of amides is 1. The van der Waals surface area contributed by atoms with Gasteiger partial charge in [0.1, 0.15) is 0 Å². The van der Waals surface area contributed by atoms with Crippen LogP contribution in [0.4, 0.5) is 4.79 Å². The predicted octanol–water partition coefficient (Wildman–Crippen LogP) is 3.33. The number of hydrogen-bond acceptors (Lipinski definition) is 5. The minimum absolute atomic E-state index is 0.137. The quantitative estimate of drug-likeness (QED) is 0.257. The summed E-state index contributed by atoms with van der Waals surface area (Å²) in [5.41, 5.74) is 1.15. The Kier molecular flexibility index (Phi) is 6.92. The van der Waals surface area contributed by atoms with E-state index in [4.69, 9.17) is 4.84 Å². The zero-order valence-corrected chi connectivity index (χ0v) is 13.0. The molecule has 0 saturated heterocycles. The van der Waals surface area contributed by atoms with Crippen LogP contribution < -0.4 is 5.32 Å². The fourth-order valence-corrected chi connectivity index (χ4v) is 3.80. The van der Waals surface area contributed by atoms with Gasteiger partial charge >= 0.3 is 6.09 Å². The number of carbonyl (C=O) groups is 1. The lowest BCUT2D eigenvalue weighted by atomic mass is 9.67. The van der Waals surface area contributed by atoms with Crippen molar-refractivity contribution >= 4 is 35.3 Å². The standard InChI is InChI=1S/C12H22N2O2S2/c1-4-17-9-18-8-10(12(2)6-5-7-12)14-16-11(15)13-3/h4-9H2,1-3H3,(H,13,15). The molecule has 1 rings (SSSR count). The van der Waals surface area contributed by atoms with Gasteiger partial charge in [-0.2, -0.15) is 11.8 Å². The fourth-order valence-electron chi connectivity index (χ4n) is 1.73. The Bertz CT molecular complexity index is 304. The van der Waals surface area contributed by atoms with Crippen LogP contribution in [0.1, 0.15) is 33.1 Å². The van der Waals surface area contributed by atoms with Gasteiger partial charge < -0.3 is 5.32 Å². The summed E-state index contributed by atoms with van der Waals surface area (Å²) < 4.78 is 0. The van der Waals surface area contributed by atoms with E-state index in [2.05, 4.69) is 24.3 Å². The molecule has 0 aliphatic heterocycles. The minimum atomic E-state index is -0.497. The number of oxime groups is 1. The molecule has 1 aliphatic rings. The molecule has 0 atom stereocenters. The van der Waals surface area contributed by atoms with E-state index in [1.165, 1.54) is 13.5 Å². The summed E-state index contributed by atoms with van der Waals surface area (Å²) >= 11 is 3.74. The Morgan fingerprint density at radius 2 is 2.17 bits per heavy atom. The monoisotopic (exact) mass is 290 g/mol. The van der Waals surface area contributed by atoms with Crippen LogP contribution in [-0.4, -0.2) is 35.4 Å². The summed E-state index contributed by atoms with van der Waals surface area (Å²) in [6.45, 7) is 4.36. The van der Waals surface area contributed by atoms with E-state index in [9.17, 15) is 4.79 Å². The van der Waals surface area contributed by atoms with Crippen LogP contribution in [0.5, 0.6) is 0 Å². The summed E-state index contributed by atoms with van der Waals surface area (Å²) in [5.74, 6) is 1.98. The molecule has 0 aromatic rings. The molecular formula is C12H22N2O2S2. The van der Waals surface area contributed by atoms with Gasteiger partial charge in [0, 0.05) is 23.3 Å². The molecule has 0 radical (unpaired) electrons. The maximum absolute atomic E-state index is 11.1. The zero-order chi connectivity index (χ0) is 13.4. The van der Waals surface area contributed by atoms with Crippen molar-refractivity contribution < 1.29 is 9.63 Å². The van der Waals surface area contributed by atoms with Gasteiger partial charge in [0.25, 0.3) is 0 Å². The Hall–Kier alpha value is -0.360. The normalized spacial score (nSPS) is 18.1. The second-order valence-corrected chi connectivity index (χ2v) is 7.17. The Morgan fingerprint density at radius 3 is 2.67 bits per heavy atom. The number of rotatable bonds is 7. The third-order valence-electron chi connectivity index (χ3n) is 3.21. The van der Waals surface area contributed by atoms with Crippen molar-refractivity contribution in [3.05, 3.63) is 0 Å². The van der Waals surface area contributed by atoms with Crippen molar-refractivity contribution in [3.8, 4) is 0 Å². The highest BCUT2D eigenvalue weighted by molar-refractivity contribution is 8.16. The lowest BCUT2D eigenvalue weighted by Crippen LogP contribution is -2.37. The van der Waals surface area contributed by atoms with E-state index in [1.807, 2.05) is 23.5 Å². The molecule has 0 bridgehead atoms. The lowest BCUT2D eigenvalue weighted by Gasteiger charge is -2.38. The maximum atomic E-state index is 11.1. The first kappa shape index (κ1) is 15.7. The molecule has 1 aliphatic carbocycles. The summed E-state index contributed by atoms with van der Waals surface area (Å²) in [6, 6.07) is 0. The molecule has 0 heterocycles. The van der Waals surface area contributed by atoms with Crippen molar-refractivity contribution in [2.45, 2.75) is 33.1 Å². The summed E-state index contributed by atoms with van der Waals surface area (Å²) in [6.07, 6.45) is 3.03. The summed E-state index contributed by atoms with van der Waals surface area (Å²) in [5, 5.41) is 7.53. The van der Waals surface area contributed by atoms with Crippen molar-refractivity contribution in [3.63, 3.8) is 0 Å². The topological polar surface area (TPSA) is 50.7 Å². The van der Waals surface area contributed by atoms with Crippen LogP contribution in [0.3, 0.4) is 0 Å². The van der Waals surface area contributed by atoms with E-state index < -0.39 is 6.09 Å². The van der Waals surface area contributed by atoms with Gasteiger partial charge in [0.15, 0.2) is 0 Å². The van der Waals surface area contributed by atoms with E-state index in [-0.39, 0.29) is 5.41 Å².